The van der Waals surface area contributed by atoms with Gasteiger partial charge in [0.2, 0.25) is 0 Å². The molecule has 1 rings (SSSR count). The van der Waals surface area contributed by atoms with E-state index in [-0.39, 0.29) is 0 Å². The van der Waals surface area contributed by atoms with Gasteiger partial charge in [-0.25, -0.2) is 0 Å². The summed E-state index contributed by atoms with van der Waals surface area (Å²) in [5.74, 6) is 0. The largest absolute Gasteiger partial charge is 0.314 e. The maximum atomic E-state index is 3.48. The van der Waals surface area contributed by atoms with E-state index in [9.17, 15) is 0 Å². The van der Waals surface area contributed by atoms with Gasteiger partial charge in [0.25, 0.3) is 0 Å². The summed E-state index contributed by atoms with van der Waals surface area (Å²) >= 11 is 0. The molecule has 90 valence electrons. The topological polar surface area (TPSA) is 15.3 Å². The SMILES string of the molecule is CC(C)NCCCN1CCCC(C)(C)C1. The second-order valence-electron chi connectivity index (χ2n) is 6.01. The van der Waals surface area contributed by atoms with Gasteiger partial charge in [0.1, 0.15) is 0 Å². The summed E-state index contributed by atoms with van der Waals surface area (Å²) in [7, 11) is 0. The van der Waals surface area contributed by atoms with Gasteiger partial charge in [-0.05, 0) is 44.3 Å². The molecule has 2 heteroatoms. The van der Waals surface area contributed by atoms with Gasteiger partial charge in [-0.2, -0.15) is 0 Å². The first-order valence-corrected chi connectivity index (χ1v) is 6.45. The van der Waals surface area contributed by atoms with Crippen LogP contribution < -0.4 is 5.32 Å². The lowest BCUT2D eigenvalue weighted by molar-refractivity contribution is 0.116. The van der Waals surface area contributed by atoms with Gasteiger partial charge in [0, 0.05) is 12.6 Å². The summed E-state index contributed by atoms with van der Waals surface area (Å²) in [6.45, 7) is 14.2. The molecule has 1 fully saturated rings. The molecule has 0 saturated carbocycles. The van der Waals surface area contributed by atoms with Crippen molar-refractivity contribution in [2.45, 2.75) is 53.0 Å². The Labute approximate surface area is 95.4 Å². The van der Waals surface area contributed by atoms with Crippen molar-refractivity contribution < 1.29 is 0 Å². The molecule has 0 bridgehead atoms. The average Bonchev–Trinajstić information content (AvgIpc) is 2.10. The molecule has 0 amide bonds. The predicted molar refractivity (Wildman–Crippen MR) is 67.2 cm³/mol. The molecule has 1 aliphatic rings. The Bertz CT molecular complexity index is 175. The third-order valence-electron chi connectivity index (χ3n) is 3.18. The van der Waals surface area contributed by atoms with E-state index in [2.05, 4.69) is 37.9 Å². The molecular formula is C13H28N2. The molecule has 0 unspecified atom stereocenters. The van der Waals surface area contributed by atoms with Crippen molar-refractivity contribution in [1.29, 1.82) is 0 Å². The zero-order valence-corrected chi connectivity index (χ0v) is 11.0. The van der Waals surface area contributed by atoms with Crippen LogP contribution in [0.2, 0.25) is 0 Å². The van der Waals surface area contributed by atoms with Crippen molar-refractivity contribution in [3.8, 4) is 0 Å². The first kappa shape index (κ1) is 13.0. The highest BCUT2D eigenvalue weighted by Crippen LogP contribution is 2.28. The van der Waals surface area contributed by atoms with Crippen molar-refractivity contribution in [1.82, 2.24) is 10.2 Å². The number of nitrogens with zero attached hydrogens (tertiary/aromatic N) is 1. The molecule has 1 aliphatic heterocycles. The Balaban J connectivity index is 2.11. The summed E-state index contributed by atoms with van der Waals surface area (Å²) in [4.78, 5) is 2.63. The van der Waals surface area contributed by atoms with Crippen molar-refractivity contribution in [3.05, 3.63) is 0 Å². The fourth-order valence-corrected chi connectivity index (χ4v) is 2.43. The highest BCUT2D eigenvalue weighted by Gasteiger charge is 2.25. The quantitative estimate of drug-likeness (QED) is 0.704. The van der Waals surface area contributed by atoms with Crippen LogP contribution in [-0.4, -0.2) is 37.1 Å². The minimum absolute atomic E-state index is 0.545. The van der Waals surface area contributed by atoms with Crippen LogP contribution in [0, 0.1) is 5.41 Å². The molecule has 0 atom stereocenters. The van der Waals surface area contributed by atoms with Gasteiger partial charge in [0.15, 0.2) is 0 Å². The van der Waals surface area contributed by atoms with E-state index in [0.29, 0.717) is 11.5 Å². The Hall–Kier alpha value is -0.0800. The van der Waals surface area contributed by atoms with Gasteiger partial charge in [-0.15, -0.1) is 0 Å². The third-order valence-corrected chi connectivity index (χ3v) is 3.18. The van der Waals surface area contributed by atoms with E-state index in [0.717, 1.165) is 6.54 Å². The molecule has 0 aromatic carbocycles. The standard InChI is InChI=1S/C13H28N2/c1-12(2)14-8-6-10-15-9-5-7-13(3,4)11-15/h12,14H,5-11H2,1-4H3. The van der Waals surface area contributed by atoms with Gasteiger partial charge < -0.3 is 10.2 Å². The summed E-state index contributed by atoms with van der Waals surface area (Å²) in [5.41, 5.74) is 0.545. The second-order valence-corrected chi connectivity index (χ2v) is 6.01. The summed E-state index contributed by atoms with van der Waals surface area (Å²) in [5, 5.41) is 3.48. The average molecular weight is 212 g/mol. The number of nitrogens with one attached hydrogen (secondary N) is 1. The van der Waals surface area contributed by atoms with E-state index < -0.39 is 0 Å². The Morgan fingerprint density at radius 1 is 1.33 bits per heavy atom. The monoisotopic (exact) mass is 212 g/mol. The lowest BCUT2D eigenvalue weighted by Gasteiger charge is -2.38. The predicted octanol–water partition coefficient (Wildman–Crippen LogP) is 2.50. The van der Waals surface area contributed by atoms with E-state index >= 15 is 0 Å². The van der Waals surface area contributed by atoms with Gasteiger partial charge in [-0.1, -0.05) is 27.7 Å². The molecule has 1 N–H and O–H groups in total. The van der Waals surface area contributed by atoms with Gasteiger partial charge in [0.05, 0.1) is 0 Å². The van der Waals surface area contributed by atoms with Crippen LogP contribution in [0.15, 0.2) is 0 Å². The highest BCUT2D eigenvalue weighted by molar-refractivity contribution is 4.79. The molecule has 1 heterocycles. The van der Waals surface area contributed by atoms with E-state index in [1.54, 1.807) is 0 Å². The van der Waals surface area contributed by atoms with Crippen LogP contribution in [0.4, 0.5) is 0 Å². The first-order chi connectivity index (χ1) is 6.99. The van der Waals surface area contributed by atoms with Crippen molar-refractivity contribution in [3.63, 3.8) is 0 Å². The normalized spacial score (nSPS) is 22.2. The lowest BCUT2D eigenvalue weighted by Crippen LogP contribution is -2.41. The molecule has 0 spiro atoms. The minimum atomic E-state index is 0.545. The number of hydrogen-bond acceptors (Lipinski definition) is 2. The third kappa shape index (κ3) is 5.53. The van der Waals surface area contributed by atoms with Crippen LogP contribution in [-0.2, 0) is 0 Å². The molecule has 0 radical (unpaired) electrons. The number of rotatable bonds is 5. The molecule has 0 aromatic heterocycles. The number of likely N-dealkylation sites (tertiary alicyclic amines) is 1. The van der Waals surface area contributed by atoms with E-state index in [1.165, 1.54) is 38.9 Å². The van der Waals surface area contributed by atoms with Crippen molar-refractivity contribution >= 4 is 0 Å². The van der Waals surface area contributed by atoms with Crippen molar-refractivity contribution in [2.75, 3.05) is 26.2 Å². The number of piperidine rings is 1. The fourth-order valence-electron chi connectivity index (χ4n) is 2.43. The maximum absolute atomic E-state index is 3.48. The Kier molecular flexibility index (Phi) is 5.07. The highest BCUT2D eigenvalue weighted by atomic mass is 15.1. The van der Waals surface area contributed by atoms with Gasteiger partial charge in [-0.3, -0.25) is 0 Å². The molecule has 15 heavy (non-hydrogen) atoms. The van der Waals surface area contributed by atoms with Crippen molar-refractivity contribution in [2.24, 2.45) is 5.41 Å². The van der Waals surface area contributed by atoms with E-state index in [1.807, 2.05) is 0 Å². The molecule has 2 nitrogen and oxygen atoms in total. The summed E-state index contributed by atoms with van der Waals surface area (Å²) in [6.07, 6.45) is 4.06. The summed E-state index contributed by atoms with van der Waals surface area (Å²) < 4.78 is 0. The zero-order valence-electron chi connectivity index (χ0n) is 11.0. The van der Waals surface area contributed by atoms with Crippen LogP contribution >= 0.6 is 0 Å². The molecule has 0 aliphatic carbocycles. The Morgan fingerprint density at radius 3 is 2.67 bits per heavy atom. The first-order valence-electron chi connectivity index (χ1n) is 6.45. The van der Waals surface area contributed by atoms with E-state index in [4.69, 9.17) is 0 Å². The minimum Gasteiger partial charge on any atom is -0.314 e. The zero-order chi connectivity index (χ0) is 11.3. The number of hydrogen-bond donors (Lipinski definition) is 1. The molecular weight excluding hydrogens is 184 g/mol. The maximum Gasteiger partial charge on any atom is 0.00327 e. The molecule has 1 saturated heterocycles. The lowest BCUT2D eigenvalue weighted by atomic mass is 9.84. The van der Waals surface area contributed by atoms with Gasteiger partial charge >= 0.3 is 0 Å². The second kappa shape index (κ2) is 5.86. The van der Waals surface area contributed by atoms with Crippen LogP contribution in [0.1, 0.15) is 47.0 Å². The smallest absolute Gasteiger partial charge is 0.00327 e. The van der Waals surface area contributed by atoms with Crippen LogP contribution in [0.25, 0.3) is 0 Å². The molecule has 0 aromatic rings. The summed E-state index contributed by atoms with van der Waals surface area (Å²) in [6, 6.07) is 0.628. The Morgan fingerprint density at radius 2 is 2.07 bits per heavy atom. The fraction of sp³-hybridized carbons (Fsp3) is 1.00. The van der Waals surface area contributed by atoms with Crippen LogP contribution in [0.3, 0.4) is 0 Å². The van der Waals surface area contributed by atoms with Crippen LogP contribution in [0.5, 0.6) is 0 Å².